The van der Waals surface area contributed by atoms with E-state index in [2.05, 4.69) is 0 Å². The molecule has 1 heterocycles. The van der Waals surface area contributed by atoms with Crippen molar-refractivity contribution in [1.29, 1.82) is 0 Å². The summed E-state index contributed by atoms with van der Waals surface area (Å²) in [4.78, 5) is 11.6. The fraction of sp³-hybridized carbons (Fsp3) is 0.417. The molecule has 1 saturated heterocycles. The minimum absolute atomic E-state index is 0.197. The first-order valence-corrected chi connectivity index (χ1v) is 5.61. The van der Waals surface area contributed by atoms with Gasteiger partial charge >= 0.3 is 5.97 Å². The lowest BCUT2D eigenvalue weighted by Crippen LogP contribution is -2.43. The number of rotatable bonds is 4. The normalized spacial score (nSPS) is 16.9. The molecule has 1 fully saturated rings. The van der Waals surface area contributed by atoms with Crippen molar-refractivity contribution < 1.29 is 24.5 Å². The van der Waals surface area contributed by atoms with Crippen LogP contribution in [0.3, 0.4) is 0 Å². The number of phenols is 2. The third-order valence-corrected chi connectivity index (χ3v) is 2.69. The predicted molar refractivity (Wildman–Crippen MR) is 62.2 cm³/mol. The van der Waals surface area contributed by atoms with E-state index in [1.807, 2.05) is 0 Å². The number of phenolic OH excluding ortho intramolecular Hbond substituents is 2. The molecule has 98 valence electrons. The van der Waals surface area contributed by atoms with Crippen LogP contribution in [0.2, 0.25) is 0 Å². The number of aromatic hydroxyl groups is 2. The minimum Gasteiger partial charge on any atom is -0.504 e. The molecular weight excluding hydrogens is 238 g/mol. The number of hydrogen-bond donors (Lipinski definition) is 3. The van der Waals surface area contributed by atoms with E-state index < -0.39 is 12.0 Å². The lowest BCUT2D eigenvalue weighted by Gasteiger charge is -2.26. The van der Waals surface area contributed by atoms with E-state index in [1.165, 1.54) is 12.1 Å². The van der Waals surface area contributed by atoms with Crippen molar-refractivity contribution in [1.82, 2.24) is 0 Å². The van der Waals surface area contributed by atoms with Gasteiger partial charge in [0, 0.05) is 0 Å². The van der Waals surface area contributed by atoms with Crippen LogP contribution in [0.1, 0.15) is 5.56 Å². The summed E-state index contributed by atoms with van der Waals surface area (Å²) in [5.74, 6) is -0.933. The summed E-state index contributed by atoms with van der Waals surface area (Å²) >= 11 is 0. The van der Waals surface area contributed by atoms with Crippen molar-refractivity contribution in [2.24, 2.45) is 5.73 Å². The van der Waals surface area contributed by atoms with Crippen molar-refractivity contribution in [3.05, 3.63) is 23.8 Å². The van der Waals surface area contributed by atoms with E-state index in [0.29, 0.717) is 18.8 Å². The average molecular weight is 253 g/mol. The van der Waals surface area contributed by atoms with Gasteiger partial charge in [-0.25, -0.2) is 0 Å². The first-order valence-electron chi connectivity index (χ1n) is 5.61. The van der Waals surface area contributed by atoms with Gasteiger partial charge in [-0.15, -0.1) is 0 Å². The lowest BCUT2D eigenvalue weighted by atomic mass is 10.1. The second-order valence-corrected chi connectivity index (χ2v) is 4.23. The molecule has 0 unspecified atom stereocenters. The molecule has 1 aromatic carbocycles. The average Bonchev–Trinajstić information content (AvgIpc) is 2.28. The summed E-state index contributed by atoms with van der Waals surface area (Å²) in [5.41, 5.74) is 6.36. The predicted octanol–water partition coefficient (Wildman–Crippen LogP) is -0.0904. The molecule has 0 bridgehead atoms. The summed E-state index contributed by atoms with van der Waals surface area (Å²) in [6.45, 7) is 0.830. The first-order chi connectivity index (χ1) is 8.56. The van der Waals surface area contributed by atoms with Gasteiger partial charge in [0.15, 0.2) is 11.5 Å². The fourth-order valence-corrected chi connectivity index (χ4v) is 1.57. The quantitative estimate of drug-likeness (QED) is 0.512. The van der Waals surface area contributed by atoms with Crippen LogP contribution in [0, 0.1) is 0 Å². The monoisotopic (exact) mass is 253 g/mol. The number of ether oxygens (including phenoxy) is 2. The Kier molecular flexibility index (Phi) is 3.69. The van der Waals surface area contributed by atoms with Crippen molar-refractivity contribution in [3.63, 3.8) is 0 Å². The van der Waals surface area contributed by atoms with Crippen LogP contribution in [0.4, 0.5) is 0 Å². The zero-order chi connectivity index (χ0) is 13.1. The Bertz CT molecular complexity index is 444. The number of benzene rings is 1. The van der Waals surface area contributed by atoms with Gasteiger partial charge in [0.1, 0.15) is 12.1 Å². The summed E-state index contributed by atoms with van der Waals surface area (Å²) in [7, 11) is 0. The van der Waals surface area contributed by atoms with Gasteiger partial charge in [0.2, 0.25) is 0 Å². The SMILES string of the molecule is N[C@@H](Cc1ccc(O)c(O)c1)C(=O)OC1COC1. The zero-order valence-electron chi connectivity index (χ0n) is 9.70. The number of hydrogen-bond acceptors (Lipinski definition) is 6. The highest BCUT2D eigenvalue weighted by molar-refractivity contribution is 5.76. The maximum Gasteiger partial charge on any atom is 0.323 e. The molecule has 0 aliphatic carbocycles. The molecule has 0 amide bonds. The van der Waals surface area contributed by atoms with Crippen LogP contribution in [0.25, 0.3) is 0 Å². The Morgan fingerprint density at radius 2 is 2.17 bits per heavy atom. The van der Waals surface area contributed by atoms with Gasteiger partial charge in [-0.2, -0.15) is 0 Å². The summed E-state index contributed by atoms with van der Waals surface area (Å²) in [6.07, 6.45) is 0.0389. The Balaban J connectivity index is 1.90. The standard InChI is InChI=1S/C12H15NO5/c13-9(12(16)18-8-5-17-6-8)3-7-1-2-10(14)11(15)4-7/h1-2,4,8-9,14-15H,3,5-6,13H2/t9-/m0/s1. The highest BCUT2D eigenvalue weighted by Crippen LogP contribution is 2.25. The van der Waals surface area contributed by atoms with E-state index in [-0.39, 0.29) is 24.0 Å². The van der Waals surface area contributed by atoms with E-state index in [0.717, 1.165) is 0 Å². The van der Waals surface area contributed by atoms with Gasteiger partial charge in [0.25, 0.3) is 0 Å². The molecule has 0 radical (unpaired) electrons. The smallest absolute Gasteiger partial charge is 0.323 e. The molecular formula is C12H15NO5. The van der Waals surface area contributed by atoms with E-state index in [4.69, 9.17) is 20.3 Å². The first kappa shape index (κ1) is 12.7. The molecule has 1 atom stereocenters. The maximum absolute atomic E-state index is 11.6. The lowest BCUT2D eigenvalue weighted by molar-refractivity contribution is -0.173. The number of carbonyl (C=O) groups excluding carboxylic acids is 1. The zero-order valence-corrected chi connectivity index (χ0v) is 9.70. The van der Waals surface area contributed by atoms with Crippen LogP contribution in [0.5, 0.6) is 11.5 Å². The molecule has 2 rings (SSSR count). The van der Waals surface area contributed by atoms with Crippen molar-refractivity contribution in [2.45, 2.75) is 18.6 Å². The Morgan fingerprint density at radius 1 is 1.44 bits per heavy atom. The highest BCUT2D eigenvalue weighted by Gasteiger charge is 2.26. The Hall–Kier alpha value is -1.79. The van der Waals surface area contributed by atoms with Gasteiger partial charge in [-0.1, -0.05) is 6.07 Å². The summed E-state index contributed by atoms with van der Waals surface area (Å²) < 4.78 is 9.96. The van der Waals surface area contributed by atoms with Gasteiger partial charge < -0.3 is 25.4 Å². The molecule has 1 aliphatic rings. The molecule has 6 heteroatoms. The van der Waals surface area contributed by atoms with Crippen molar-refractivity contribution >= 4 is 5.97 Å². The number of esters is 1. The topological polar surface area (TPSA) is 102 Å². The van der Waals surface area contributed by atoms with Crippen LogP contribution < -0.4 is 5.73 Å². The van der Waals surface area contributed by atoms with Crippen molar-refractivity contribution in [2.75, 3.05) is 13.2 Å². The second-order valence-electron chi connectivity index (χ2n) is 4.23. The fourth-order valence-electron chi connectivity index (χ4n) is 1.57. The van der Waals surface area contributed by atoms with E-state index in [9.17, 15) is 9.90 Å². The van der Waals surface area contributed by atoms with E-state index in [1.54, 1.807) is 6.07 Å². The molecule has 1 aliphatic heterocycles. The molecule has 18 heavy (non-hydrogen) atoms. The maximum atomic E-state index is 11.6. The minimum atomic E-state index is -0.797. The van der Waals surface area contributed by atoms with Gasteiger partial charge in [0.05, 0.1) is 13.2 Å². The van der Waals surface area contributed by atoms with Crippen LogP contribution >= 0.6 is 0 Å². The molecule has 4 N–H and O–H groups in total. The second kappa shape index (κ2) is 5.24. The van der Waals surface area contributed by atoms with E-state index >= 15 is 0 Å². The van der Waals surface area contributed by atoms with Gasteiger partial charge in [-0.05, 0) is 24.1 Å². The summed E-state index contributed by atoms with van der Waals surface area (Å²) in [6, 6.07) is 3.51. The number of carbonyl (C=O) groups is 1. The van der Waals surface area contributed by atoms with Crippen LogP contribution in [-0.4, -0.2) is 41.5 Å². The molecule has 0 aromatic heterocycles. The van der Waals surface area contributed by atoms with Crippen LogP contribution in [0.15, 0.2) is 18.2 Å². The molecule has 6 nitrogen and oxygen atoms in total. The van der Waals surface area contributed by atoms with Gasteiger partial charge in [-0.3, -0.25) is 4.79 Å². The third-order valence-electron chi connectivity index (χ3n) is 2.69. The van der Waals surface area contributed by atoms with Crippen LogP contribution in [-0.2, 0) is 20.7 Å². The number of nitrogens with two attached hydrogens (primary N) is 1. The molecule has 1 aromatic rings. The Morgan fingerprint density at radius 3 is 2.72 bits per heavy atom. The molecule has 0 saturated carbocycles. The van der Waals surface area contributed by atoms with Crippen molar-refractivity contribution in [3.8, 4) is 11.5 Å². The summed E-state index contributed by atoms with van der Waals surface area (Å²) in [5, 5.41) is 18.5. The largest absolute Gasteiger partial charge is 0.504 e. The Labute approximate surface area is 104 Å². The third kappa shape index (κ3) is 2.91. The highest BCUT2D eigenvalue weighted by atomic mass is 16.6. The molecule has 0 spiro atoms.